The standard InChI is InChI=1S/C19H25N5O2/c1-19(2,3)16(17(21)25)22-18(26)15-13-9-5-6-10-14(13)24(23-15)12-8-4-7-11-20/h5-6,9-10,16H,4,7-8,12H2,1-3H3,(H2,21,25)(H,22,26). The first-order valence-electron chi connectivity index (χ1n) is 8.68. The summed E-state index contributed by atoms with van der Waals surface area (Å²) in [6.07, 6.45) is 2.07. The molecule has 2 amide bonds. The number of aromatic nitrogens is 2. The highest BCUT2D eigenvalue weighted by atomic mass is 16.2. The number of unbranched alkanes of at least 4 members (excludes halogenated alkanes) is 2. The van der Waals surface area contributed by atoms with E-state index < -0.39 is 23.3 Å². The average molecular weight is 355 g/mol. The molecule has 1 unspecified atom stereocenters. The fraction of sp³-hybridized carbons (Fsp3) is 0.474. The third-order valence-electron chi connectivity index (χ3n) is 4.21. The number of amides is 2. The molecule has 0 aliphatic carbocycles. The van der Waals surface area contributed by atoms with Gasteiger partial charge in [0.05, 0.1) is 11.6 Å². The van der Waals surface area contributed by atoms with Crippen LogP contribution in [0.3, 0.4) is 0 Å². The summed E-state index contributed by atoms with van der Waals surface area (Å²) >= 11 is 0. The second kappa shape index (κ2) is 8.00. The molecule has 1 aromatic heterocycles. The summed E-state index contributed by atoms with van der Waals surface area (Å²) in [6, 6.07) is 8.79. The third kappa shape index (κ3) is 4.39. The van der Waals surface area contributed by atoms with Crippen LogP contribution in [0.4, 0.5) is 0 Å². The van der Waals surface area contributed by atoms with Gasteiger partial charge in [-0.25, -0.2) is 0 Å². The van der Waals surface area contributed by atoms with E-state index in [9.17, 15) is 9.59 Å². The molecule has 2 rings (SSSR count). The van der Waals surface area contributed by atoms with Gasteiger partial charge in [-0.05, 0) is 24.3 Å². The lowest BCUT2D eigenvalue weighted by atomic mass is 9.86. The molecule has 0 bridgehead atoms. The second-order valence-electron chi connectivity index (χ2n) is 7.38. The Bertz CT molecular complexity index is 842. The number of para-hydroxylation sites is 1. The van der Waals surface area contributed by atoms with Crippen LogP contribution in [0.25, 0.3) is 10.9 Å². The van der Waals surface area contributed by atoms with Crippen LogP contribution in [-0.2, 0) is 11.3 Å². The van der Waals surface area contributed by atoms with Crippen LogP contribution in [0, 0.1) is 16.7 Å². The quantitative estimate of drug-likeness (QED) is 0.742. The number of nitrogens with zero attached hydrogens (tertiary/aromatic N) is 3. The van der Waals surface area contributed by atoms with Gasteiger partial charge in [0, 0.05) is 18.4 Å². The highest BCUT2D eigenvalue weighted by Crippen LogP contribution is 2.22. The lowest BCUT2D eigenvalue weighted by molar-refractivity contribution is -0.122. The number of nitrogens with two attached hydrogens (primary N) is 1. The van der Waals surface area contributed by atoms with Gasteiger partial charge < -0.3 is 11.1 Å². The van der Waals surface area contributed by atoms with Crippen molar-refractivity contribution in [3.05, 3.63) is 30.0 Å². The van der Waals surface area contributed by atoms with Crippen LogP contribution >= 0.6 is 0 Å². The number of hydrogen-bond donors (Lipinski definition) is 2. The fourth-order valence-corrected chi connectivity index (χ4v) is 2.85. The van der Waals surface area contributed by atoms with Gasteiger partial charge in [-0.2, -0.15) is 10.4 Å². The van der Waals surface area contributed by atoms with Crippen molar-refractivity contribution in [2.75, 3.05) is 0 Å². The molecule has 138 valence electrons. The Morgan fingerprint density at radius 2 is 2.00 bits per heavy atom. The highest BCUT2D eigenvalue weighted by molar-refractivity contribution is 6.06. The van der Waals surface area contributed by atoms with Crippen molar-refractivity contribution in [2.45, 2.75) is 52.6 Å². The molecular weight excluding hydrogens is 330 g/mol. The summed E-state index contributed by atoms with van der Waals surface area (Å²) in [7, 11) is 0. The average Bonchev–Trinajstić information content (AvgIpc) is 2.94. The van der Waals surface area contributed by atoms with Crippen molar-refractivity contribution < 1.29 is 9.59 Å². The van der Waals surface area contributed by atoms with E-state index in [4.69, 9.17) is 11.0 Å². The molecule has 0 radical (unpaired) electrons. The zero-order valence-corrected chi connectivity index (χ0v) is 15.5. The minimum absolute atomic E-state index is 0.274. The van der Waals surface area contributed by atoms with Crippen LogP contribution in [0.15, 0.2) is 24.3 Å². The van der Waals surface area contributed by atoms with Crippen molar-refractivity contribution in [3.8, 4) is 6.07 Å². The molecular formula is C19H25N5O2. The first kappa shape index (κ1) is 19.4. The number of nitriles is 1. The van der Waals surface area contributed by atoms with Crippen molar-refractivity contribution in [1.82, 2.24) is 15.1 Å². The Kier molecular flexibility index (Phi) is 5.98. The molecule has 0 saturated carbocycles. The molecule has 0 aliphatic rings. The lowest BCUT2D eigenvalue weighted by Crippen LogP contribution is -2.52. The molecule has 0 spiro atoms. The first-order valence-corrected chi connectivity index (χ1v) is 8.68. The van der Waals surface area contributed by atoms with E-state index in [1.165, 1.54) is 0 Å². The SMILES string of the molecule is CC(C)(C)C(NC(=O)c1nn(CCCCC#N)c2ccccc12)C(N)=O. The van der Waals surface area contributed by atoms with E-state index in [0.717, 1.165) is 23.7 Å². The summed E-state index contributed by atoms with van der Waals surface area (Å²) in [6.45, 7) is 6.14. The van der Waals surface area contributed by atoms with Crippen LogP contribution in [0.1, 0.15) is 50.5 Å². The largest absolute Gasteiger partial charge is 0.368 e. The minimum Gasteiger partial charge on any atom is -0.368 e. The number of hydrogen-bond acceptors (Lipinski definition) is 4. The zero-order chi connectivity index (χ0) is 19.3. The van der Waals surface area contributed by atoms with E-state index in [1.807, 2.05) is 45.0 Å². The number of aryl methyl sites for hydroxylation is 1. The molecule has 2 aromatic rings. The topological polar surface area (TPSA) is 114 Å². The molecule has 7 nitrogen and oxygen atoms in total. The van der Waals surface area contributed by atoms with E-state index >= 15 is 0 Å². The van der Waals surface area contributed by atoms with Gasteiger partial charge in [-0.3, -0.25) is 14.3 Å². The Morgan fingerprint density at radius 1 is 1.31 bits per heavy atom. The maximum Gasteiger partial charge on any atom is 0.273 e. The molecule has 1 aromatic carbocycles. The van der Waals surface area contributed by atoms with Gasteiger partial charge >= 0.3 is 0 Å². The number of nitrogens with one attached hydrogen (secondary N) is 1. The summed E-state index contributed by atoms with van der Waals surface area (Å²) in [5, 5.41) is 16.5. The highest BCUT2D eigenvalue weighted by Gasteiger charge is 2.32. The van der Waals surface area contributed by atoms with E-state index in [-0.39, 0.29) is 5.69 Å². The lowest BCUT2D eigenvalue weighted by Gasteiger charge is -2.28. The van der Waals surface area contributed by atoms with Gasteiger partial charge in [-0.1, -0.05) is 39.0 Å². The van der Waals surface area contributed by atoms with Crippen molar-refractivity contribution in [2.24, 2.45) is 11.1 Å². The predicted octanol–water partition coefficient (Wildman–Crippen LogP) is 2.36. The second-order valence-corrected chi connectivity index (χ2v) is 7.38. The summed E-state index contributed by atoms with van der Waals surface area (Å²) in [4.78, 5) is 24.5. The molecule has 0 aliphatic heterocycles. The van der Waals surface area contributed by atoms with Crippen LogP contribution < -0.4 is 11.1 Å². The van der Waals surface area contributed by atoms with Gasteiger partial charge in [0.25, 0.3) is 5.91 Å². The Labute approximate surface area is 153 Å². The zero-order valence-electron chi connectivity index (χ0n) is 15.5. The Balaban J connectivity index is 2.30. The van der Waals surface area contributed by atoms with Crippen LogP contribution in [0.2, 0.25) is 0 Å². The smallest absolute Gasteiger partial charge is 0.273 e. The third-order valence-corrected chi connectivity index (χ3v) is 4.21. The van der Waals surface area contributed by atoms with E-state index in [1.54, 1.807) is 4.68 Å². The van der Waals surface area contributed by atoms with Crippen LogP contribution in [-0.4, -0.2) is 27.6 Å². The summed E-state index contributed by atoms with van der Waals surface area (Å²) in [5.74, 6) is -0.998. The maximum atomic E-state index is 12.8. The fourth-order valence-electron chi connectivity index (χ4n) is 2.85. The number of benzene rings is 1. The van der Waals surface area contributed by atoms with E-state index in [2.05, 4.69) is 16.5 Å². The molecule has 3 N–H and O–H groups in total. The molecule has 0 fully saturated rings. The number of carbonyl (C=O) groups is 2. The minimum atomic E-state index is -0.797. The summed E-state index contributed by atoms with van der Waals surface area (Å²) in [5.41, 5.74) is 6.08. The number of fused-ring (bicyclic) bond motifs is 1. The molecule has 0 saturated heterocycles. The number of primary amides is 1. The molecule has 1 heterocycles. The number of rotatable bonds is 7. The predicted molar refractivity (Wildman–Crippen MR) is 99.1 cm³/mol. The Morgan fingerprint density at radius 3 is 2.62 bits per heavy atom. The van der Waals surface area contributed by atoms with Gasteiger partial charge in [0.1, 0.15) is 6.04 Å². The van der Waals surface area contributed by atoms with Gasteiger partial charge in [0.2, 0.25) is 5.91 Å². The molecule has 1 atom stereocenters. The van der Waals surface area contributed by atoms with Crippen LogP contribution in [0.5, 0.6) is 0 Å². The van der Waals surface area contributed by atoms with E-state index in [0.29, 0.717) is 13.0 Å². The van der Waals surface area contributed by atoms with Gasteiger partial charge in [0.15, 0.2) is 5.69 Å². The monoisotopic (exact) mass is 355 g/mol. The summed E-state index contributed by atoms with van der Waals surface area (Å²) < 4.78 is 1.78. The van der Waals surface area contributed by atoms with Crippen molar-refractivity contribution in [1.29, 1.82) is 5.26 Å². The molecule has 7 heteroatoms. The van der Waals surface area contributed by atoms with Crippen molar-refractivity contribution >= 4 is 22.7 Å². The normalized spacial score (nSPS) is 12.5. The molecule has 26 heavy (non-hydrogen) atoms. The van der Waals surface area contributed by atoms with Gasteiger partial charge in [-0.15, -0.1) is 0 Å². The maximum absolute atomic E-state index is 12.8. The Hall–Kier alpha value is -2.88. The van der Waals surface area contributed by atoms with Crippen molar-refractivity contribution in [3.63, 3.8) is 0 Å². The first-order chi connectivity index (χ1) is 12.3. The number of carbonyl (C=O) groups excluding carboxylic acids is 2.